The van der Waals surface area contributed by atoms with Crippen molar-refractivity contribution in [1.82, 2.24) is 10.2 Å². The number of imide groups is 2. The normalized spacial score (nSPS) is 17.7. The van der Waals surface area contributed by atoms with Gasteiger partial charge in [0.1, 0.15) is 11.3 Å². The van der Waals surface area contributed by atoms with Gasteiger partial charge in [0.25, 0.3) is 17.7 Å². The van der Waals surface area contributed by atoms with E-state index in [2.05, 4.69) is 5.32 Å². The molecule has 0 atom stereocenters. The Kier molecular flexibility index (Phi) is 7.16. The first kappa shape index (κ1) is 23.7. The Morgan fingerprint density at radius 2 is 1.76 bits per heavy atom. The van der Waals surface area contributed by atoms with Gasteiger partial charge in [-0.05, 0) is 35.9 Å². The molecule has 2 aliphatic rings. The van der Waals surface area contributed by atoms with Crippen molar-refractivity contribution in [2.24, 2.45) is 0 Å². The van der Waals surface area contributed by atoms with Crippen LogP contribution >= 0.6 is 23.2 Å². The van der Waals surface area contributed by atoms with Crippen LogP contribution in [0.1, 0.15) is 5.56 Å². The number of rotatable bonds is 5. The third kappa shape index (κ3) is 5.06. The summed E-state index contributed by atoms with van der Waals surface area (Å²) in [5, 5.41) is 2.30. The van der Waals surface area contributed by atoms with E-state index in [1.165, 1.54) is 24.3 Å². The Labute approximate surface area is 204 Å². The molecule has 1 N–H and O–H groups in total. The molecule has 2 heterocycles. The standard InChI is InChI=1S/C23H19Cl2N3O6/c24-17-2-1-3-18(20(17)25)28-22(31)16(21(30)26-23(28)32)12-14-4-6-15(7-5-14)34-13-19(29)27-8-10-33-11-9-27/h1-7,12H,8-11,13H2,(H,26,30,32)/b16-12+. The summed E-state index contributed by atoms with van der Waals surface area (Å²) in [7, 11) is 0. The molecule has 34 heavy (non-hydrogen) atoms. The maximum atomic E-state index is 13.0. The summed E-state index contributed by atoms with van der Waals surface area (Å²) in [6, 6.07) is 10.0. The van der Waals surface area contributed by atoms with Gasteiger partial charge < -0.3 is 14.4 Å². The van der Waals surface area contributed by atoms with Crippen LogP contribution in [-0.4, -0.2) is 61.6 Å². The van der Waals surface area contributed by atoms with Crippen molar-refractivity contribution in [3.63, 3.8) is 0 Å². The molecule has 0 saturated carbocycles. The van der Waals surface area contributed by atoms with E-state index in [9.17, 15) is 19.2 Å². The molecule has 2 aromatic rings. The molecule has 2 aromatic carbocycles. The summed E-state index contributed by atoms with van der Waals surface area (Å²) < 4.78 is 10.8. The molecule has 11 heteroatoms. The maximum Gasteiger partial charge on any atom is 0.336 e. The fourth-order valence-electron chi connectivity index (χ4n) is 3.42. The third-order valence-corrected chi connectivity index (χ3v) is 6.00. The molecule has 2 saturated heterocycles. The van der Waals surface area contributed by atoms with Gasteiger partial charge in [-0.3, -0.25) is 19.7 Å². The number of benzene rings is 2. The number of hydrogen-bond donors (Lipinski definition) is 1. The summed E-state index contributed by atoms with van der Waals surface area (Å²) in [6.07, 6.45) is 1.35. The number of hydrogen-bond acceptors (Lipinski definition) is 6. The zero-order valence-corrected chi connectivity index (χ0v) is 19.3. The number of urea groups is 1. The van der Waals surface area contributed by atoms with Crippen molar-refractivity contribution in [1.29, 1.82) is 0 Å². The van der Waals surface area contributed by atoms with Gasteiger partial charge in [0.15, 0.2) is 6.61 Å². The Bertz CT molecular complexity index is 1180. The number of anilines is 1. The van der Waals surface area contributed by atoms with E-state index in [0.717, 1.165) is 4.90 Å². The second-order valence-electron chi connectivity index (χ2n) is 7.38. The number of halogens is 2. The molecule has 2 fully saturated rings. The summed E-state index contributed by atoms with van der Waals surface area (Å²) in [4.78, 5) is 52.4. The predicted molar refractivity (Wildman–Crippen MR) is 125 cm³/mol. The summed E-state index contributed by atoms with van der Waals surface area (Å²) in [5.41, 5.74) is 0.312. The van der Waals surface area contributed by atoms with Crippen LogP contribution in [0.5, 0.6) is 5.75 Å². The van der Waals surface area contributed by atoms with Gasteiger partial charge in [-0.2, -0.15) is 0 Å². The lowest BCUT2D eigenvalue weighted by Gasteiger charge is -2.27. The minimum atomic E-state index is -0.926. The third-order valence-electron chi connectivity index (χ3n) is 5.19. The zero-order chi connectivity index (χ0) is 24.2. The van der Waals surface area contributed by atoms with Crippen LogP contribution in [-0.2, 0) is 19.1 Å². The topological polar surface area (TPSA) is 105 Å². The summed E-state index contributed by atoms with van der Waals surface area (Å²) in [6.45, 7) is 1.97. The van der Waals surface area contributed by atoms with E-state index in [4.69, 9.17) is 32.7 Å². The van der Waals surface area contributed by atoms with Crippen LogP contribution in [0, 0.1) is 0 Å². The second-order valence-corrected chi connectivity index (χ2v) is 8.17. The summed E-state index contributed by atoms with van der Waals surface area (Å²) in [5.74, 6) is -1.36. The van der Waals surface area contributed by atoms with Gasteiger partial charge >= 0.3 is 6.03 Å². The van der Waals surface area contributed by atoms with Gasteiger partial charge in [-0.25, -0.2) is 9.69 Å². The molecule has 0 aliphatic carbocycles. The number of carbonyl (C=O) groups excluding carboxylic acids is 4. The lowest BCUT2D eigenvalue weighted by molar-refractivity contribution is -0.137. The van der Waals surface area contributed by atoms with E-state index in [-0.39, 0.29) is 33.8 Å². The number of morpholine rings is 1. The van der Waals surface area contributed by atoms with E-state index < -0.39 is 17.8 Å². The van der Waals surface area contributed by atoms with Gasteiger partial charge in [0, 0.05) is 13.1 Å². The van der Waals surface area contributed by atoms with Crippen molar-refractivity contribution >= 4 is 58.7 Å². The first-order chi connectivity index (χ1) is 16.3. The molecule has 5 amide bonds. The highest BCUT2D eigenvalue weighted by Gasteiger charge is 2.38. The van der Waals surface area contributed by atoms with Gasteiger partial charge in [0.2, 0.25) is 0 Å². The fraction of sp³-hybridized carbons (Fsp3) is 0.217. The molecule has 0 aromatic heterocycles. The van der Waals surface area contributed by atoms with E-state index in [1.54, 1.807) is 29.2 Å². The predicted octanol–water partition coefficient (Wildman–Crippen LogP) is 2.90. The highest BCUT2D eigenvalue weighted by Crippen LogP contribution is 2.34. The average molecular weight is 504 g/mol. The fourth-order valence-corrected chi connectivity index (χ4v) is 3.80. The summed E-state index contributed by atoms with van der Waals surface area (Å²) >= 11 is 12.2. The van der Waals surface area contributed by atoms with Gasteiger partial charge in [-0.1, -0.05) is 41.4 Å². The first-order valence-corrected chi connectivity index (χ1v) is 11.0. The molecular formula is C23H19Cl2N3O6. The quantitative estimate of drug-likeness (QED) is 0.496. The largest absolute Gasteiger partial charge is 0.484 e. The highest BCUT2D eigenvalue weighted by molar-refractivity contribution is 6.46. The van der Waals surface area contributed by atoms with Crippen LogP contribution in [0.25, 0.3) is 6.08 Å². The van der Waals surface area contributed by atoms with Crippen LogP contribution in [0.4, 0.5) is 10.5 Å². The van der Waals surface area contributed by atoms with E-state index in [1.807, 2.05) is 0 Å². The molecule has 0 spiro atoms. The van der Waals surface area contributed by atoms with Crippen LogP contribution in [0.2, 0.25) is 10.0 Å². The maximum absolute atomic E-state index is 13.0. The lowest BCUT2D eigenvalue weighted by atomic mass is 10.1. The van der Waals surface area contributed by atoms with Crippen LogP contribution in [0.3, 0.4) is 0 Å². The smallest absolute Gasteiger partial charge is 0.336 e. The first-order valence-electron chi connectivity index (χ1n) is 10.3. The Balaban J connectivity index is 1.48. The number of nitrogens with one attached hydrogen (secondary N) is 1. The lowest BCUT2D eigenvalue weighted by Crippen LogP contribution is -2.54. The molecule has 4 rings (SSSR count). The average Bonchev–Trinajstić information content (AvgIpc) is 2.84. The van der Waals surface area contributed by atoms with Crippen molar-refractivity contribution in [2.45, 2.75) is 0 Å². The van der Waals surface area contributed by atoms with Crippen molar-refractivity contribution < 1.29 is 28.7 Å². The van der Waals surface area contributed by atoms with Crippen molar-refractivity contribution in [3.8, 4) is 5.75 Å². The minimum absolute atomic E-state index is 0.00879. The Hall–Kier alpha value is -3.40. The number of carbonyl (C=O) groups is 4. The van der Waals surface area contributed by atoms with E-state index in [0.29, 0.717) is 37.6 Å². The van der Waals surface area contributed by atoms with Crippen LogP contribution < -0.4 is 15.0 Å². The van der Waals surface area contributed by atoms with E-state index >= 15 is 0 Å². The molecule has 176 valence electrons. The number of ether oxygens (including phenoxy) is 2. The minimum Gasteiger partial charge on any atom is -0.484 e. The molecule has 0 bridgehead atoms. The molecule has 9 nitrogen and oxygen atoms in total. The second kappa shape index (κ2) is 10.3. The molecule has 0 radical (unpaired) electrons. The Morgan fingerprint density at radius 3 is 2.47 bits per heavy atom. The monoisotopic (exact) mass is 503 g/mol. The van der Waals surface area contributed by atoms with Crippen molar-refractivity contribution in [2.75, 3.05) is 37.8 Å². The number of amides is 5. The zero-order valence-electron chi connectivity index (χ0n) is 17.8. The van der Waals surface area contributed by atoms with Gasteiger partial charge in [0.05, 0.1) is 28.9 Å². The molecule has 2 aliphatic heterocycles. The Morgan fingerprint density at radius 1 is 1.06 bits per heavy atom. The van der Waals surface area contributed by atoms with Crippen LogP contribution in [0.15, 0.2) is 48.0 Å². The molecular weight excluding hydrogens is 485 g/mol. The SMILES string of the molecule is O=C1NC(=O)N(c2cccc(Cl)c2Cl)C(=O)/C1=C/c1ccc(OCC(=O)N2CCOCC2)cc1. The number of barbiturate groups is 1. The number of nitrogens with zero attached hydrogens (tertiary/aromatic N) is 2. The molecule has 0 unspecified atom stereocenters. The highest BCUT2D eigenvalue weighted by atomic mass is 35.5. The van der Waals surface area contributed by atoms with Gasteiger partial charge in [-0.15, -0.1) is 0 Å². The van der Waals surface area contributed by atoms with Crippen molar-refractivity contribution in [3.05, 3.63) is 63.6 Å².